The van der Waals surface area contributed by atoms with Gasteiger partial charge >= 0.3 is 0 Å². The van der Waals surface area contributed by atoms with E-state index in [0.29, 0.717) is 18.3 Å². The van der Waals surface area contributed by atoms with Crippen molar-refractivity contribution in [3.63, 3.8) is 0 Å². The molecule has 1 aliphatic heterocycles. The molecule has 0 bridgehead atoms. The Morgan fingerprint density at radius 2 is 2.25 bits per heavy atom. The van der Waals surface area contributed by atoms with Crippen LogP contribution in [0.5, 0.6) is 0 Å². The Morgan fingerprint density at radius 1 is 1.40 bits per heavy atom. The molecule has 3 rings (SSSR count). The second-order valence-corrected chi connectivity index (χ2v) is 4.83. The topological polar surface area (TPSA) is 62.1 Å². The number of pyridine rings is 1. The van der Waals surface area contributed by atoms with Crippen LogP contribution < -0.4 is 0 Å². The highest BCUT2D eigenvalue weighted by Gasteiger charge is 2.23. The molecule has 0 amide bonds. The fraction of sp³-hybridized carbons (Fsp3) is 0.500. The molecule has 0 atom stereocenters. The molecule has 20 heavy (non-hydrogen) atoms. The summed E-state index contributed by atoms with van der Waals surface area (Å²) in [5.74, 6) is 2.06. The van der Waals surface area contributed by atoms with E-state index in [-0.39, 0.29) is 0 Å². The van der Waals surface area contributed by atoms with Gasteiger partial charge in [-0.2, -0.15) is 0 Å². The number of ether oxygens (including phenoxy) is 2. The molecule has 1 aliphatic rings. The van der Waals surface area contributed by atoms with Gasteiger partial charge in [-0.25, -0.2) is 9.67 Å². The van der Waals surface area contributed by atoms with Crippen molar-refractivity contribution in [2.45, 2.75) is 25.4 Å². The standard InChI is InChI=1S/C14H18N4O2/c1-19-10-13-16-14(11-4-7-20-8-5-11)18(17-13)12-3-2-6-15-9-12/h2-3,6,9,11H,4-5,7-8,10H2,1H3. The first-order valence-electron chi connectivity index (χ1n) is 6.81. The number of nitrogens with zero attached hydrogens (tertiary/aromatic N) is 4. The van der Waals surface area contributed by atoms with Gasteiger partial charge in [0.15, 0.2) is 5.82 Å². The summed E-state index contributed by atoms with van der Waals surface area (Å²) >= 11 is 0. The lowest BCUT2D eigenvalue weighted by molar-refractivity contribution is 0.0831. The second-order valence-electron chi connectivity index (χ2n) is 4.83. The Labute approximate surface area is 117 Å². The zero-order valence-electron chi connectivity index (χ0n) is 11.5. The van der Waals surface area contributed by atoms with E-state index in [4.69, 9.17) is 9.47 Å². The molecule has 6 nitrogen and oxygen atoms in total. The quantitative estimate of drug-likeness (QED) is 0.849. The van der Waals surface area contributed by atoms with Crippen LogP contribution in [0.3, 0.4) is 0 Å². The van der Waals surface area contributed by atoms with Crippen molar-refractivity contribution < 1.29 is 9.47 Å². The molecule has 6 heteroatoms. The molecule has 106 valence electrons. The fourth-order valence-electron chi connectivity index (χ4n) is 2.45. The van der Waals surface area contributed by atoms with Gasteiger partial charge in [-0.05, 0) is 25.0 Å². The van der Waals surface area contributed by atoms with E-state index in [2.05, 4.69) is 15.1 Å². The highest BCUT2D eigenvalue weighted by molar-refractivity contribution is 5.28. The number of aromatic nitrogens is 4. The van der Waals surface area contributed by atoms with Crippen LogP contribution in [-0.4, -0.2) is 40.1 Å². The van der Waals surface area contributed by atoms with E-state index in [0.717, 1.165) is 37.6 Å². The van der Waals surface area contributed by atoms with Crippen LogP contribution in [0.25, 0.3) is 5.69 Å². The third kappa shape index (κ3) is 2.71. The van der Waals surface area contributed by atoms with Gasteiger partial charge in [0.25, 0.3) is 0 Å². The van der Waals surface area contributed by atoms with Crippen LogP contribution in [0.2, 0.25) is 0 Å². The molecule has 0 aliphatic carbocycles. The monoisotopic (exact) mass is 274 g/mol. The molecule has 1 fully saturated rings. The number of methoxy groups -OCH3 is 1. The molecule has 1 saturated heterocycles. The first kappa shape index (κ1) is 13.2. The lowest BCUT2D eigenvalue weighted by atomic mass is 9.99. The third-order valence-electron chi connectivity index (χ3n) is 3.43. The van der Waals surface area contributed by atoms with Crippen molar-refractivity contribution in [3.05, 3.63) is 36.2 Å². The SMILES string of the molecule is COCc1nc(C2CCOCC2)n(-c2cccnc2)n1. The number of rotatable bonds is 4. The van der Waals surface area contributed by atoms with E-state index >= 15 is 0 Å². The number of hydrogen-bond donors (Lipinski definition) is 0. The zero-order chi connectivity index (χ0) is 13.8. The summed E-state index contributed by atoms with van der Waals surface area (Å²) in [7, 11) is 1.65. The Balaban J connectivity index is 1.97. The van der Waals surface area contributed by atoms with Crippen LogP contribution in [0.15, 0.2) is 24.5 Å². The lowest BCUT2D eigenvalue weighted by Gasteiger charge is -2.21. The van der Waals surface area contributed by atoms with Crippen LogP contribution in [0.1, 0.15) is 30.4 Å². The van der Waals surface area contributed by atoms with Crippen molar-refractivity contribution >= 4 is 0 Å². The minimum Gasteiger partial charge on any atom is -0.381 e. The van der Waals surface area contributed by atoms with Crippen molar-refractivity contribution in [2.75, 3.05) is 20.3 Å². The van der Waals surface area contributed by atoms with Crippen LogP contribution in [0.4, 0.5) is 0 Å². The maximum Gasteiger partial charge on any atom is 0.176 e. The minimum atomic E-state index is 0.377. The van der Waals surface area contributed by atoms with Gasteiger partial charge < -0.3 is 9.47 Å². The molecule has 0 N–H and O–H groups in total. The van der Waals surface area contributed by atoms with Gasteiger partial charge in [-0.15, -0.1) is 5.10 Å². The van der Waals surface area contributed by atoms with Gasteiger partial charge in [0.1, 0.15) is 12.4 Å². The van der Waals surface area contributed by atoms with Gasteiger partial charge in [-0.3, -0.25) is 4.98 Å². The summed E-state index contributed by atoms with van der Waals surface area (Å²) in [6.45, 7) is 1.98. The van der Waals surface area contributed by atoms with E-state index in [1.54, 1.807) is 19.5 Å². The van der Waals surface area contributed by atoms with Crippen LogP contribution in [-0.2, 0) is 16.1 Å². The summed E-state index contributed by atoms with van der Waals surface area (Å²) in [5, 5.41) is 4.55. The van der Waals surface area contributed by atoms with Gasteiger partial charge in [0.2, 0.25) is 0 Å². The summed E-state index contributed by atoms with van der Waals surface area (Å²) < 4.78 is 12.5. The highest BCUT2D eigenvalue weighted by Crippen LogP contribution is 2.27. The van der Waals surface area contributed by atoms with Gasteiger partial charge in [0.05, 0.1) is 11.9 Å². The highest BCUT2D eigenvalue weighted by atomic mass is 16.5. The Kier molecular flexibility index (Phi) is 4.03. The molecular weight excluding hydrogens is 256 g/mol. The van der Waals surface area contributed by atoms with Gasteiger partial charge in [0, 0.05) is 32.4 Å². The largest absolute Gasteiger partial charge is 0.381 e. The number of hydrogen-bond acceptors (Lipinski definition) is 5. The van der Waals surface area contributed by atoms with Crippen molar-refractivity contribution in [3.8, 4) is 5.69 Å². The van der Waals surface area contributed by atoms with E-state index < -0.39 is 0 Å². The van der Waals surface area contributed by atoms with E-state index in [1.165, 1.54) is 0 Å². The summed E-state index contributed by atoms with van der Waals surface area (Å²) in [6, 6.07) is 3.89. The molecule has 2 aromatic rings. The third-order valence-corrected chi connectivity index (χ3v) is 3.43. The molecule has 0 radical (unpaired) electrons. The van der Waals surface area contributed by atoms with Crippen molar-refractivity contribution in [1.29, 1.82) is 0 Å². The molecule has 2 aromatic heterocycles. The van der Waals surface area contributed by atoms with E-state index in [1.807, 2.05) is 16.8 Å². The van der Waals surface area contributed by atoms with Crippen molar-refractivity contribution in [2.24, 2.45) is 0 Å². The predicted molar refractivity (Wildman–Crippen MR) is 72.7 cm³/mol. The fourth-order valence-corrected chi connectivity index (χ4v) is 2.45. The normalized spacial score (nSPS) is 16.4. The first-order valence-corrected chi connectivity index (χ1v) is 6.81. The molecule has 0 aromatic carbocycles. The molecule has 3 heterocycles. The van der Waals surface area contributed by atoms with Crippen LogP contribution in [0, 0.1) is 0 Å². The van der Waals surface area contributed by atoms with Crippen molar-refractivity contribution in [1.82, 2.24) is 19.7 Å². The average Bonchev–Trinajstić information content (AvgIpc) is 2.93. The lowest BCUT2D eigenvalue weighted by Crippen LogP contribution is -2.18. The molecule has 0 saturated carbocycles. The van der Waals surface area contributed by atoms with Crippen LogP contribution >= 0.6 is 0 Å². The van der Waals surface area contributed by atoms with Gasteiger partial charge in [-0.1, -0.05) is 0 Å². The Morgan fingerprint density at radius 3 is 2.95 bits per heavy atom. The minimum absolute atomic E-state index is 0.377. The summed E-state index contributed by atoms with van der Waals surface area (Å²) in [5.41, 5.74) is 0.934. The smallest absolute Gasteiger partial charge is 0.176 e. The molecule has 0 unspecified atom stereocenters. The maximum atomic E-state index is 5.43. The van der Waals surface area contributed by atoms with E-state index in [9.17, 15) is 0 Å². The maximum absolute atomic E-state index is 5.43. The molecular formula is C14H18N4O2. The average molecular weight is 274 g/mol. The predicted octanol–water partition coefficient (Wildman–Crippen LogP) is 1.70. The Bertz CT molecular complexity index is 550. The second kappa shape index (κ2) is 6.11. The summed E-state index contributed by atoms with van der Waals surface area (Å²) in [6.07, 6.45) is 5.51. The Hall–Kier alpha value is -1.79. The first-order chi connectivity index (χ1) is 9.88. The zero-order valence-corrected chi connectivity index (χ0v) is 11.5. The summed E-state index contributed by atoms with van der Waals surface area (Å²) in [4.78, 5) is 8.80. The molecule has 0 spiro atoms.